The van der Waals surface area contributed by atoms with E-state index in [1.807, 2.05) is 4.90 Å². The van der Waals surface area contributed by atoms with Gasteiger partial charge in [-0.05, 0) is 37.7 Å². The zero-order chi connectivity index (χ0) is 15.4. The first kappa shape index (κ1) is 16.1. The molecule has 0 bridgehead atoms. The van der Waals surface area contributed by atoms with Gasteiger partial charge in [0.1, 0.15) is 0 Å². The summed E-state index contributed by atoms with van der Waals surface area (Å²) in [5.74, 6) is 5.47. The summed E-state index contributed by atoms with van der Waals surface area (Å²) in [6, 6.07) is 5.56. The summed E-state index contributed by atoms with van der Waals surface area (Å²) in [5.41, 5.74) is 3.71. The molecule has 1 amide bonds. The molecule has 1 aromatic carbocycles. The third kappa shape index (κ3) is 3.48. The third-order valence-electron chi connectivity index (χ3n) is 4.15. The van der Waals surface area contributed by atoms with E-state index in [0.717, 1.165) is 32.6 Å². The van der Waals surface area contributed by atoms with Crippen molar-refractivity contribution in [2.75, 3.05) is 31.6 Å². The Morgan fingerprint density at radius 2 is 2.19 bits per heavy atom. The van der Waals surface area contributed by atoms with E-state index in [1.165, 1.54) is 0 Å². The standard InChI is InChI=1S/C15H23ClN4O/c1-3-19(4-2)12-7-8-20(10-12)15(21)13-9-11(16)5-6-14(13)18-17/h5-6,9,12,18H,3-4,7-8,10,17H2,1-2H3. The highest BCUT2D eigenvalue weighted by atomic mass is 35.5. The fraction of sp³-hybridized carbons (Fsp3) is 0.533. The zero-order valence-corrected chi connectivity index (χ0v) is 13.4. The second-order valence-corrected chi connectivity index (χ2v) is 5.69. The predicted molar refractivity (Wildman–Crippen MR) is 86.5 cm³/mol. The first-order chi connectivity index (χ1) is 10.1. The molecule has 3 N–H and O–H groups in total. The van der Waals surface area contributed by atoms with Gasteiger partial charge in [-0.3, -0.25) is 15.5 Å². The Bertz CT molecular complexity index is 504. The van der Waals surface area contributed by atoms with Gasteiger partial charge in [0, 0.05) is 24.2 Å². The molecule has 21 heavy (non-hydrogen) atoms. The topological polar surface area (TPSA) is 61.6 Å². The first-order valence-electron chi connectivity index (χ1n) is 7.40. The van der Waals surface area contributed by atoms with Gasteiger partial charge >= 0.3 is 0 Å². The Hall–Kier alpha value is -1.30. The lowest BCUT2D eigenvalue weighted by atomic mass is 10.1. The summed E-state index contributed by atoms with van der Waals surface area (Å²) in [5, 5.41) is 0.539. The Balaban J connectivity index is 2.13. The van der Waals surface area contributed by atoms with E-state index in [2.05, 4.69) is 24.2 Å². The summed E-state index contributed by atoms with van der Waals surface area (Å²) in [7, 11) is 0. The second-order valence-electron chi connectivity index (χ2n) is 5.25. The average molecular weight is 311 g/mol. The van der Waals surface area contributed by atoms with Gasteiger partial charge in [0.05, 0.1) is 11.3 Å². The highest BCUT2D eigenvalue weighted by Gasteiger charge is 2.30. The molecule has 0 saturated carbocycles. The zero-order valence-electron chi connectivity index (χ0n) is 12.6. The van der Waals surface area contributed by atoms with Crippen LogP contribution in [0.15, 0.2) is 18.2 Å². The number of carbonyl (C=O) groups is 1. The van der Waals surface area contributed by atoms with Crippen molar-refractivity contribution in [2.24, 2.45) is 5.84 Å². The first-order valence-corrected chi connectivity index (χ1v) is 7.78. The van der Waals surface area contributed by atoms with Gasteiger partial charge in [0.2, 0.25) is 0 Å². The van der Waals surface area contributed by atoms with E-state index in [-0.39, 0.29) is 5.91 Å². The van der Waals surface area contributed by atoms with Crippen molar-refractivity contribution in [3.05, 3.63) is 28.8 Å². The van der Waals surface area contributed by atoms with Crippen LogP contribution in [0.5, 0.6) is 0 Å². The Morgan fingerprint density at radius 3 is 2.81 bits per heavy atom. The highest BCUT2D eigenvalue weighted by molar-refractivity contribution is 6.31. The number of benzene rings is 1. The molecule has 0 aliphatic carbocycles. The molecule has 0 spiro atoms. The molecular formula is C15H23ClN4O. The number of nitrogens with zero attached hydrogens (tertiary/aromatic N) is 2. The van der Waals surface area contributed by atoms with Gasteiger partial charge < -0.3 is 10.3 Å². The summed E-state index contributed by atoms with van der Waals surface area (Å²) in [6.07, 6.45) is 1.01. The van der Waals surface area contributed by atoms with E-state index < -0.39 is 0 Å². The summed E-state index contributed by atoms with van der Waals surface area (Å²) in [6.45, 7) is 7.86. The normalized spacial score (nSPS) is 18.3. The van der Waals surface area contributed by atoms with Crippen LogP contribution >= 0.6 is 11.6 Å². The van der Waals surface area contributed by atoms with Crippen molar-refractivity contribution in [2.45, 2.75) is 26.3 Å². The van der Waals surface area contributed by atoms with E-state index >= 15 is 0 Å². The van der Waals surface area contributed by atoms with Crippen molar-refractivity contribution in [1.29, 1.82) is 0 Å². The van der Waals surface area contributed by atoms with Gasteiger partial charge in [0.25, 0.3) is 5.91 Å². The number of likely N-dealkylation sites (N-methyl/N-ethyl adjacent to an activating group) is 1. The van der Waals surface area contributed by atoms with Gasteiger partial charge in [-0.15, -0.1) is 0 Å². The Labute approximate surface area is 131 Å². The number of hydrogen-bond acceptors (Lipinski definition) is 4. The van der Waals surface area contributed by atoms with Gasteiger partial charge in [-0.25, -0.2) is 0 Å². The van der Waals surface area contributed by atoms with Gasteiger partial charge in [-0.1, -0.05) is 25.4 Å². The number of likely N-dealkylation sites (tertiary alicyclic amines) is 1. The van der Waals surface area contributed by atoms with Crippen molar-refractivity contribution in [1.82, 2.24) is 9.80 Å². The molecule has 0 aromatic heterocycles. The fourth-order valence-corrected chi connectivity index (χ4v) is 3.13. The van der Waals surface area contributed by atoms with Crippen LogP contribution in [0.3, 0.4) is 0 Å². The lowest BCUT2D eigenvalue weighted by Gasteiger charge is -2.26. The number of halogens is 1. The van der Waals surface area contributed by atoms with Crippen LogP contribution in [-0.4, -0.2) is 47.9 Å². The van der Waals surface area contributed by atoms with Crippen LogP contribution in [-0.2, 0) is 0 Å². The molecule has 5 nitrogen and oxygen atoms in total. The molecule has 1 aromatic rings. The quantitative estimate of drug-likeness (QED) is 0.646. The number of hydrazine groups is 1. The number of nitrogens with two attached hydrogens (primary N) is 1. The smallest absolute Gasteiger partial charge is 0.256 e. The molecule has 1 aliphatic rings. The number of hydrogen-bond donors (Lipinski definition) is 2. The van der Waals surface area contributed by atoms with Gasteiger partial charge in [0.15, 0.2) is 0 Å². The lowest BCUT2D eigenvalue weighted by Crippen LogP contribution is -2.38. The minimum atomic E-state index is -0.0138. The SMILES string of the molecule is CCN(CC)C1CCN(C(=O)c2cc(Cl)ccc2NN)C1. The Morgan fingerprint density at radius 1 is 1.48 bits per heavy atom. The average Bonchev–Trinajstić information content (AvgIpc) is 2.97. The minimum Gasteiger partial charge on any atom is -0.337 e. The van der Waals surface area contributed by atoms with E-state index in [1.54, 1.807) is 18.2 Å². The highest BCUT2D eigenvalue weighted by Crippen LogP contribution is 2.24. The van der Waals surface area contributed by atoms with Crippen LogP contribution in [0.2, 0.25) is 5.02 Å². The molecule has 1 atom stereocenters. The van der Waals surface area contributed by atoms with Crippen molar-refractivity contribution < 1.29 is 4.79 Å². The number of rotatable bonds is 5. The second kappa shape index (κ2) is 7.11. The number of carbonyl (C=O) groups excluding carboxylic acids is 1. The third-order valence-corrected chi connectivity index (χ3v) is 4.38. The van der Waals surface area contributed by atoms with Crippen LogP contribution in [0.4, 0.5) is 5.69 Å². The van der Waals surface area contributed by atoms with Crippen LogP contribution in [0.1, 0.15) is 30.6 Å². The van der Waals surface area contributed by atoms with Gasteiger partial charge in [-0.2, -0.15) is 0 Å². The molecule has 1 saturated heterocycles. The number of nitrogens with one attached hydrogen (secondary N) is 1. The molecule has 116 valence electrons. The molecule has 1 unspecified atom stereocenters. The monoisotopic (exact) mass is 310 g/mol. The van der Waals surface area contributed by atoms with E-state index in [0.29, 0.717) is 22.3 Å². The molecular weight excluding hydrogens is 288 g/mol. The van der Waals surface area contributed by atoms with Crippen molar-refractivity contribution in [3.8, 4) is 0 Å². The maximum Gasteiger partial charge on any atom is 0.256 e. The minimum absolute atomic E-state index is 0.0138. The number of nitrogen functional groups attached to an aromatic ring is 1. The largest absolute Gasteiger partial charge is 0.337 e. The lowest BCUT2D eigenvalue weighted by molar-refractivity contribution is 0.0779. The Kier molecular flexibility index (Phi) is 5.45. The molecule has 6 heteroatoms. The maximum absolute atomic E-state index is 12.7. The number of anilines is 1. The molecule has 1 heterocycles. The van der Waals surface area contributed by atoms with Crippen LogP contribution < -0.4 is 11.3 Å². The maximum atomic E-state index is 12.7. The summed E-state index contributed by atoms with van der Waals surface area (Å²) < 4.78 is 0. The predicted octanol–water partition coefficient (Wildman–Crippen LogP) is 2.18. The summed E-state index contributed by atoms with van der Waals surface area (Å²) in [4.78, 5) is 17.0. The molecule has 0 radical (unpaired) electrons. The van der Waals surface area contributed by atoms with Crippen LogP contribution in [0.25, 0.3) is 0 Å². The molecule has 1 fully saturated rings. The molecule has 2 rings (SSSR count). The van der Waals surface area contributed by atoms with Crippen molar-refractivity contribution >= 4 is 23.2 Å². The van der Waals surface area contributed by atoms with Crippen molar-refractivity contribution in [3.63, 3.8) is 0 Å². The van der Waals surface area contributed by atoms with E-state index in [9.17, 15) is 4.79 Å². The molecule has 1 aliphatic heterocycles. The number of amides is 1. The summed E-state index contributed by atoms with van der Waals surface area (Å²) >= 11 is 6.00. The fourth-order valence-electron chi connectivity index (χ4n) is 2.95. The van der Waals surface area contributed by atoms with E-state index in [4.69, 9.17) is 17.4 Å². The van der Waals surface area contributed by atoms with Crippen LogP contribution in [0, 0.1) is 0 Å².